The van der Waals surface area contributed by atoms with Gasteiger partial charge in [0, 0.05) is 18.4 Å². The van der Waals surface area contributed by atoms with E-state index in [4.69, 9.17) is 0 Å². The second kappa shape index (κ2) is 7.41. The van der Waals surface area contributed by atoms with Crippen LogP contribution in [0.5, 0.6) is 0 Å². The van der Waals surface area contributed by atoms with Crippen LogP contribution in [0.15, 0.2) is 28.9 Å². The molecule has 8 heteroatoms. The maximum Gasteiger partial charge on any atom is 0.273 e. The summed E-state index contributed by atoms with van der Waals surface area (Å²) >= 11 is 3.45. The standard InChI is InChI=1S/C18H21BrN6O/c1-10(2)16-15(19)17(23-22-16)18(26)21-9-13-5-6-14(20-8-13)25-12(4)7-11(3)24-25/h5-8,10H,9H2,1-4H3,(H,21,26)(H,22,23). The molecule has 3 aromatic heterocycles. The maximum absolute atomic E-state index is 12.4. The number of carbonyl (C=O) groups excluding carboxylic acids is 1. The molecule has 0 radical (unpaired) electrons. The van der Waals surface area contributed by atoms with E-state index in [2.05, 4.69) is 41.5 Å². The number of halogens is 1. The number of aromatic amines is 1. The molecule has 136 valence electrons. The van der Waals surface area contributed by atoms with Gasteiger partial charge in [0.2, 0.25) is 0 Å². The summed E-state index contributed by atoms with van der Waals surface area (Å²) in [6.07, 6.45) is 1.74. The lowest BCUT2D eigenvalue weighted by atomic mass is 10.1. The molecule has 0 spiro atoms. The van der Waals surface area contributed by atoms with Gasteiger partial charge in [0.25, 0.3) is 5.91 Å². The van der Waals surface area contributed by atoms with Crippen molar-refractivity contribution in [2.45, 2.75) is 40.2 Å². The first kappa shape index (κ1) is 18.3. The third kappa shape index (κ3) is 3.70. The summed E-state index contributed by atoms with van der Waals surface area (Å²) in [5.74, 6) is 0.773. The van der Waals surface area contributed by atoms with Crippen LogP contribution < -0.4 is 5.32 Å². The summed E-state index contributed by atoms with van der Waals surface area (Å²) in [6.45, 7) is 8.39. The van der Waals surface area contributed by atoms with Gasteiger partial charge in [0.05, 0.1) is 15.9 Å². The van der Waals surface area contributed by atoms with Gasteiger partial charge >= 0.3 is 0 Å². The van der Waals surface area contributed by atoms with E-state index in [0.29, 0.717) is 16.7 Å². The highest BCUT2D eigenvalue weighted by Gasteiger charge is 2.19. The first-order valence-electron chi connectivity index (χ1n) is 8.37. The van der Waals surface area contributed by atoms with Gasteiger partial charge in [-0.1, -0.05) is 19.9 Å². The Morgan fingerprint density at radius 3 is 2.65 bits per heavy atom. The summed E-state index contributed by atoms with van der Waals surface area (Å²) in [4.78, 5) is 16.8. The number of hydrogen-bond acceptors (Lipinski definition) is 4. The SMILES string of the molecule is Cc1cc(C)n(-c2ccc(CNC(=O)c3n[nH]c(C(C)C)c3Br)cn2)n1. The average molecular weight is 417 g/mol. The Bertz CT molecular complexity index is 926. The Morgan fingerprint density at radius 1 is 1.35 bits per heavy atom. The predicted octanol–water partition coefficient (Wildman–Crippen LogP) is 3.42. The molecular weight excluding hydrogens is 396 g/mol. The Hall–Kier alpha value is -2.48. The molecule has 0 aliphatic rings. The Labute approximate surface area is 160 Å². The van der Waals surface area contributed by atoms with E-state index >= 15 is 0 Å². The van der Waals surface area contributed by atoms with E-state index in [1.165, 1.54) is 0 Å². The van der Waals surface area contributed by atoms with E-state index < -0.39 is 0 Å². The molecule has 1 amide bonds. The molecule has 0 unspecified atom stereocenters. The quantitative estimate of drug-likeness (QED) is 0.666. The number of carbonyl (C=O) groups is 1. The van der Waals surface area contributed by atoms with Gasteiger partial charge in [-0.15, -0.1) is 0 Å². The molecule has 0 saturated heterocycles. The number of aryl methyl sites for hydroxylation is 2. The lowest BCUT2D eigenvalue weighted by molar-refractivity contribution is 0.0945. The van der Waals surface area contributed by atoms with Crippen LogP contribution >= 0.6 is 15.9 Å². The second-order valence-electron chi connectivity index (χ2n) is 6.50. The third-order valence-corrected chi connectivity index (χ3v) is 4.82. The number of hydrogen-bond donors (Lipinski definition) is 2. The van der Waals surface area contributed by atoms with Crippen LogP contribution in [0.4, 0.5) is 0 Å². The molecule has 0 fully saturated rings. The normalized spacial score (nSPS) is 11.2. The number of rotatable bonds is 5. The highest BCUT2D eigenvalue weighted by molar-refractivity contribution is 9.10. The molecule has 0 bridgehead atoms. The molecule has 0 aliphatic heterocycles. The second-order valence-corrected chi connectivity index (χ2v) is 7.29. The number of pyridine rings is 1. The van der Waals surface area contributed by atoms with Crippen LogP contribution in [-0.4, -0.2) is 30.9 Å². The molecule has 3 heterocycles. The van der Waals surface area contributed by atoms with Crippen molar-refractivity contribution in [2.24, 2.45) is 0 Å². The van der Waals surface area contributed by atoms with E-state index in [1.807, 2.05) is 45.9 Å². The fourth-order valence-electron chi connectivity index (χ4n) is 2.65. The first-order valence-corrected chi connectivity index (χ1v) is 9.16. The van der Waals surface area contributed by atoms with Gasteiger partial charge in [-0.05, 0) is 53.4 Å². The molecule has 0 saturated carbocycles. The zero-order chi connectivity index (χ0) is 18.8. The van der Waals surface area contributed by atoms with E-state index in [-0.39, 0.29) is 11.8 Å². The van der Waals surface area contributed by atoms with Crippen molar-refractivity contribution in [2.75, 3.05) is 0 Å². The van der Waals surface area contributed by atoms with E-state index in [0.717, 1.165) is 28.5 Å². The molecule has 0 aromatic carbocycles. The lowest BCUT2D eigenvalue weighted by Crippen LogP contribution is -2.23. The van der Waals surface area contributed by atoms with Gasteiger partial charge in [0.15, 0.2) is 11.5 Å². The highest BCUT2D eigenvalue weighted by atomic mass is 79.9. The fraction of sp³-hybridized carbons (Fsp3) is 0.333. The number of aromatic nitrogens is 5. The molecule has 3 rings (SSSR count). The summed E-state index contributed by atoms with van der Waals surface area (Å²) in [5.41, 5.74) is 4.15. The van der Waals surface area contributed by atoms with Crippen LogP contribution in [0.2, 0.25) is 0 Å². The van der Waals surface area contributed by atoms with Crippen LogP contribution in [-0.2, 0) is 6.54 Å². The van der Waals surface area contributed by atoms with Crippen LogP contribution in [0.1, 0.15) is 52.9 Å². The molecular formula is C18H21BrN6O. The minimum absolute atomic E-state index is 0.234. The van der Waals surface area contributed by atoms with Crippen LogP contribution in [0, 0.1) is 13.8 Å². The predicted molar refractivity (Wildman–Crippen MR) is 102 cm³/mol. The van der Waals surface area contributed by atoms with Gasteiger partial charge in [-0.3, -0.25) is 9.89 Å². The van der Waals surface area contributed by atoms with Gasteiger partial charge in [-0.25, -0.2) is 9.67 Å². The van der Waals surface area contributed by atoms with E-state index in [9.17, 15) is 4.79 Å². The smallest absolute Gasteiger partial charge is 0.273 e. The van der Waals surface area contributed by atoms with Crippen LogP contribution in [0.3, 0.4) is 0 Å². The first-order chi connectivity index (χ1) is 12.4. The third-order valence-electron chi connectivity index (χ3n) is 4.01. The number of nitrogens with one attached hydrogen (secondary N) is 2. The Morgan fingerprint density at radius 2 is 2.12 bits per heavy atom. The molecule has 7 nitrogen and oxygen atoms in total. The van der Waals surface area contributed by atoms with Crippen molar-refractivity contribution in [3.8, 4) is 5.82 Å². The zero-order valence-electron chi connectivity index (χ0n) is 15.2. The number of nitrogens with zero attached hydrogens (tertiary/aromatic N) is 4. The summed E-state index contributed by atoms with van der Waals surface area (Å²) < 4.78 is 2.51. The summed E-state index contributed by atoms with van der Waals surface area (Å²) in [7, 11) is 0. The molecule has 0 aliphatic carbocycles. The minimum atomic E-state index is -0.234. The summed E-state index contributed by atoms with van der Waals surface area (Å²) in [5, 5.41) is 14.3. The molecule has 3 aromatic rings. The van der Waals surface area contributed by atoms with Crippen molar-refractivity contribution < 1.29 is 4.79 Å². The topological polar surface area (TPSA) is 88.5 Å². The van der Waals surface area contributed by atoms with Gasteiger partial charge in [0.1, 0.15) is 0 Å². The van der Waals surface area contributed by atoms with Crippen molar-refractivity contribution >= 4 is 21.8 Å². The largest absolute Gasteiger partial charge is 0.346 e. The number of amides is 1. The van der Waals surface area contributed by atoms with Crippen LogP contribution in [0.25, 0.3) is 5.82 Å². The number of H-pyrrole nitrogens is 1. The maximum atomic E-state index is 12.4. The zero-order valence-corrected chi connectivity index (χ0v) is 16.8. The van der Waals surface area contributed by atoms with E-state index in [1.54, 1.807) is 10.9 Å². The van der Waals surface area contributed by atoms with Gasteiger partial charge < -0.3 is 5.32 Å². The van der Waals surface area contributed by atoms with Crippen molar-refractivity contribution in [1.29, 1.82) is 0 Å². The van der Waals surface area contributed by atoms with Crippen molar-refractivity contribution in [3.63, 3.8) is 0 Å². The fourth-order valence-corrected chi connectivity index (χ4v) is 3.46. The van der Waals surface area contributed by atoms with Crippen molar-refractivity contribution in [3.05, 3.63) is 57.2 Å². The Balaban J connectivity index is 1.67. The molecule has 0 atom stereocenters. The molecule has 2 N–H and O–H groups in total. The average Bonchev–Trinajstić information content (AvgIpc) is 3.15. The monoisotopic (exact) mass is 416 g/mol. The Kier molecular flexibility index (Phi) is 5.22. The summed E-state index contributed by atoms with van der Waals surface area (Å²) in [6, 6.07) is 5.82. The van der Waals surface area contributed by atoms with Crippen molar-refractivity contribution in [1.82, 2.24) is 30.3 Å². The minimum Gasteiger partial charge on any atom is -0.346 e. The highest BCUT2D eigenvalue weighted by Crippen LogP contribution is 2.25. The molecule has 26 heavy (non-hydrogen) atoms. The lowest BCUT2D eigenvalue weighted by Gasteiger charge is -2.07. The van der Waals surface area contributed by atoms with Gasteiger partial charge in [-0.2, -0.15) is 10.2 Å².